The fraction of sp³-hybridized carbons (Fsp3) is 0. The molecule has 2 heterocycles. The lowest BCUT2D eigenvalue weighted by Gasteiger charge is -2.22. The van der Waals surface area contributed by atoms with Gasteiger partial charge in [-0.25, -0.2) is 0 Å². The van der Waals surface area contributed by atoms with E-state index in [0.29, 0.717) is 5.56 Å². The number of hydrogen-bond acceptors (Lipinski definition) is 3. The van der Waals surface area contributed by atoms with Gasteiger partial charge in [-0.2, -0.15) is 5.26 Å². The third-order valence-electron chi connectivity index (χ3n) is 9.73. The lowest BCUT2D eigenvalue weighted by molar-refractivity contribution is 0.487. The molecule has 1 aromatic heterocycles. The van der Waals surface area contributed by atoms with E-state index in [1.54, 1.807) is 0 Å². The molecule has 0 amide bonds. The molecule has 0 N–H and O–H groups in total. The van der Waals surface area contributed by atoms with Gasteiger partial charge in [0.1, 0.15) is 11.5 Å². The van der Waals surface area contributed by atoms with Crippen LogP contribution < -0.4 is 4.74 Å². The van der Waals surface area contributed by atoms with Crippen molar-refractivity contribution in [3.05, 3.63) is 151 Å². The van der Waals surface area contributed by atoms with E-state index in [9.17, 15) is 5.26 Å². The predicted molar refractivity (Wildman–Crippen MR) is 192 cm³/mol. The fourth-order valence-corrected chi connectivity index (χ4v) is 7.53. The van der Waals surface area contributed by atoms with Crippen molar-refractivity contribution in [2.24, 2.45) is 0 Å². The highest BCUT2D eigenvalue weighted by Gasteiger charge is 2.22. The number of nitriles is 1. The Bertz CT molecular complexity index is 2760. The molecule has 3 nitrogen and oxygen atoms in total. The summed E-state index contributed by atoms with van der Waals surface area (Å²) in [4.78, 5) is 5.01. The summed E-state index contributed by atoms with van der Waals surface area (Å²) in [5.74, 6) is 1.59. The average molecular weight is 597 g/mol. The SMILES string of the molecule is N#Cc1ccc2c3c(cccc13)-c1cc(-c3ccc(-c4ccc5ccc6c(-c7ccccc7)ccc7ccc4c5c76)nc3)ccc1O2. The predicted octanol–water partition coefficient (Wildman–Crippen LogP) is 11.8. The molecular formula is C44H24N2O. The molecule has 0 saturated heterocycles. The maximum Gasteiger partial charge on any atom is 0.136 e. The second-order valence-corrected chi connectivity index (χ2v) is 12.2. The molecule has 0 saturated carbocycles. The Labute approximate surface area is 270 Å². The Hall–Kier alpha value is -6.50. The van der Waals surface area contributed by atoms with Gasteiger partial charge in [0.25, 0.3) is 0 Å². The van der Waals surface area contributed by atoms with E-state index in [4.69, 9.17) is 9.72 Å². The Morgan fingerprint density at radius 2 is 1.19 bits per heavy atom. The highest BCUT2D eigenvalue weighted by atomic mass is 16.5. The topological polar surface area (TPSA) is 45.9 Å². The fourth-order valence-electron chi connectivity index (χ4n) is 7.53. The standard InChI is InChI=1S/C44H24N2O/c45-24-30-15-22-41-44-33(30)7-4-8-35(44)38-23-29(14-21-40(38)47-41)31-13-20-39(46-25-31)34-17-10-28-11-18-36-32(26-5-2-1-3-6-26)16-9-27-12-19-37(34)43(28)42(27)36/h1-23,25H. The number of nitrogens with zero attached hydrogens (tertiary/aromatic N) is 2. The Morgan fingerprint density at radius 1 is 0.468 bits per heavy atom. The van der Waals surface area contributed by atoms with Crippen LogP contribution in [0.4, 0.5) is 0 Å². The van der Waals surface area contributed by atoms with Crippen LogP contribution in [0.2, 0.25) is 0 Å². The number of fused-ring (bicyclic) bond motifs is 2. The van der Waals surface area contributed by atoms with Crippen molar-refractivity contribution in [3.63, 3.8) is 0 Å². The zero-order chi connectivity index (χ0) is 31.1. The van der Waals surface area contributed by atoms with E-state index in [2.05, 4.69) is 115 Å². The number of benzene rings is 8. The van der Waals surface area contributed by atoms with E-state index in [0.717, 1.165) is 55.8 Å². The molecule has 0 fully saturated rings. The van der Waals surface area contributed by atoms with Crippen molar-refractivity contribution < 1.29 is 4.74 Å². The van der Waals surface area contributed by atoms with Gasteiger partial charge < -0.3 is 4.74 Å². The molecule has 0 bridgehead atoms. The minimum absolute atomic E-state index is 0.650. The van der Waals surface area contributed by atoms with Crippen LogP contribution in [0.5, 0.6) is 11.5 Å². The first-order valence-corrected chi connectivity index (χ1v) is 15.8. The summed E-state index contributed by atoms with van der Waals surface area (Å²) in [6, 6.07) is 51.3. The van der Waals surface area contributed by atoms with Crippen molar-refractivity contribution in [1.29, 1.82) is 5.26 Å². The van der Waals surface area contributed by atoms with Gasteiger partial charge in [-0.15, -0.1) is 0 Å². The van der Waals surface area contributed by atoms with E-state index >= 15 is 0 Å². The zero-order valence-corrected chi connectivity index (χ0v) is 25.2. The molecule has 0 spiro atoms. The van der Waals surface area contributed by atoms with E-state index in [1.807, 2.05) is 36.5 Å². The number of pyridine rings is 1. The van der Waals surface area contributed by atoms with Gasteiger partial charge in [0.05, 0.1) is 17.3 Å². The lowest BCUT2D eigenvalue weighted by Crippen LogP contribution is -1.98. The molecule has 0 radical (unpaired) electrons. The Kier molecular flexibility index (Phi) is 5.35. The minimum Gasteiger partial charge on any atom is -0.456 e. The van der Waals surface area contributed by atoms with Gasteiger partial charge in [0, 0.05) is 33.7 Å². The smallest absolute Gasteiger partial charge is 0.136 e. The van der Waals surface area contributed by atoms with Crippen LogP contribution in [0.1, 0.15) is 5.56 Å². The van der Waals surface area contributed by atoms with Crippen LogP contribution in [0, 0.1) is 11.3 Å². The Morgan fingerprint density at radius 3 is 1.96 bits per heavy atom. The van der Waals surface area contributed by atoms with Gasteiger partial charge >= 0.3 is 0 Å². The largest absolute Gasteiger partial charge is 0.456 e. The van der Waals surface area contributed by atoms with Crippen molar-refractivity contribution in [2.75, 3.05) is 0 Å². The van der Waals surface area contributed by atoms with Gasteiger partial charge in [0.2, 0.25) is 0 Å². The molecule has 3 heteroatoms. The van der Waals surface area contributed by atoms with Gasteiger partial charge in [0.15, 0.2) is 0 Å². The minimum atomic E-state index is 0.650. The van der Waals surface area contributed by atoms with Crippen LogP contribution in [-0.4, -0.2) is 4.98 Å². The molecule has 10 rings (SSSR count). The molecule has 9 aromatic rings. The number of rotatable bonds is 3. The summed E-state index contributed by atoms with van der Waals surface area (Å²) in [5.41, 5.74) is 9.38. The third-order valence-corrected chi connectivity index (χ3v) is 9.73. The van der Waals surface area contributed by atoms with Crippen LogP contribution in [-0.2, 0) is 0 Å². The lowest BCUT2D eigenvalue weighted by atomic mass is 9.88. The summed E-state index contributed by atoms with van der Waals surface area (Å²) < 4.78 is 6.31. The van der Waals surface area contributed by atoms with Crippen molar-refractivity contribution in [3.8, 4) is 62.2 Å². The number of hydrogen-bond donors (Lipinski definition) is 0. The molecule has 216 valence electrons. The molecule has 47 heavy (non-hydrogen) atoms. The first kappa shape index (κ1) is 25.8. The normalized spacial score (nSPS) is 12.0. The summed E-state index contributed by atoms with van der Waals surface area (Å²) >= 11 is 0. The molecule has 1 aliphatic heterocycles. The molecule has 8 aromatic carbocycles. The molecule has 0 aliphatic carbocycles. The van der Waals surface area contributed by atoms with Crippen molar-refractivity contribution >= 4 is 43.1 Å². The first-order chi connectivity index (χ1) is 23.2. The van der Waals surface area contributed by atoms with E-state index < -0.39 is 0 Å². The van der Waals surface area contributed by atoms with Crippen LogP contribution >= 0.6 is 0 Å². The van der Waals surface area contributed by atoms with Gasteiger partial charge in [-0.1, -0.05) is 109 Å². The third kappa shape index (κ3) is 3.76. The first-order valence-electron chi connectivity index (χ1n) is 15.8. The highest BCUT2D eigenvalue weighted by molar-refractivity contribution is 6.27. The van der Waals surface area contributed by atoms with Crippen molar-refractivity contribution in [2.45, 2.75) is 0 Å². The van der Waals surface area contributed by atoms with E-state index in [-0.39, 0.29) is 0 Å². The van der Waals surface area contributed by atoms with Crippen LogP contribution in [0.25, 0.3) is 87.7 Å². The molecular weight excluding hydrogens is 572 g/mol. The quantitative estimate of drug-likeness (QED) is 0.191. The maximum absolute atomic E-state index is 9.69. The van der Waals surface area contributed by atoms with Gasteiger partial charge in [-0.3, -0.25) is 4.98 Å². The van der Waals surface area contributed by atoms with Gasteiger partial charge in [-0.05, 0) is 84.9 Å². The second-order valence-electron chi connectivity index (χ2n) is 12.2. The molecule has 1 aliphatic rings. The van der Waals surface area contributed by atoms with E-state index in [1.165, 1.54) is 43.4 Å². The zero-order valence-electron chi connectivity index (χ0n) is 25.2. The van der Waals surface area contributed by atoms with Crippen LogP contribution in [0.15, 0.2) is 146 Å². The molecule has 0 unspecified atom stereocenters. The van der Waals surface area contributed by atoms with Crippen LogP contribution in [0.3, 0.4) is 0 Å². The maximum atomic E-state index is 9.69. The average Bonchev–Trinajstić information content (AvgIpc) is 3.14. The number of ether oxygens (including phenoxy) is 1. The number of aromatic nitrogens is 1. The Balaban J connectivity index is 1.08. The monoisotopic (exact) mass is 596 g/mol. The molecule has 0 atom stereocenters. The highest BCUT2D eigenvalue weighted by Crippen LogP contribution is 2.48. The summed E-state index contributed by atoms with van der Waals surface area (Å²) in [5, 5.41) is 19.1. The summed E-state index contributed by atoms with van der Waals surface area (Å²) in [7, 11) is 0. The van der Waals surface area contributed by atoms with Crippen molar-refractivity contribution in [1.82, 2.24) is 4.98 Å². The second kappa shape index (κ2) is 9.75. The summed E-state index contributed by atoms with van der Waals surface area (Å²) in [6.45, 7) is 0. The summed E-state index contributed by atoms with van der Waals surface area (Å²) in [6.07, 6.45) is 1.97.